The summed E-state index contributed by atoms with van der Waals surface area (Å²) in [5.74, 6) is -0.225. The molecule has 6 aromatic rings. The van der Waals surface area contributed by atoms with E-state index in [1.165, 1.54) is 19.2 Å². The number of pyridine rings is 1. The molecule has 0 atom stereocenters. The highest BCUT2D eigenvalue weighted by Gasteiger charge is 2.18. The number of nitrogens with one attached hydrogen (secondary N) is 1. The fourth-order valence-electron chi connectivity index (χ4n) is 4.24. The Morgan fingerprint density at radius 1 is 1.00 bits per heavy atom. The number of fused-ring (bicyclic) bond motifs is 3. The van der Waals surface area contributed by atoms with E-state index in [1.807, 2.05) is 48.5 Å². The highest BCUT2D eigenvalue weighted by molar-refractivity contribution is 6.12. The van der Waals surface area contributed by atoms with Crippen LogP contribution in [0.3, 0.4) is 0 Å². The highest BCUT2D eigenvalue weighted by atomic mass is 19.1. The van der Waals surface area contributed by atoms with Crippen molar-refractivity contribution in [1.29, 1.82) is 0 Å². The minimum Gasteiger partial charge on any atom is -0.487 e. The van der Waals surface area contributed by atoms with E-state index in [1.54, 1.807) is 29.1 Å². The van der Waals surface area contributed by atoms with Crippen LogP contribution in [0, 0.1) is 5.82 Å². The maximum atomic E-state index is 13.2. The van der Waals surface area contributed by atoms with E-state index in [9.17, 15) is 9.18 Å². The Balaban J connectivity index is 1.32. The molecular formula is C28H20FN5O3. The second kappa shape index (κ2) is 9.19. The van der Waals surface area contributed by atoms with Crippen LogP contribution in [0.5, 0.6) is 5.75 Å². The molecule has 0 spiro atoms. The van der Waals surface area contributed by atoms with Crippen molar-refractivity contribution in [2.24, 2.45) is 0 Å². The molecule has 0 bridgehead atoms. The van der Waals surface area contributed by atoms with E-state index in [0.717, 1.165) is 27.4 Å². The maximum Gasteiger partial charge on any atom is 0.356 e. The van der Waals surface area contributed by atoms with Gasteiger partial charge in [0, 0.05) is 21.9 Å². The zero-order valence-corrected chi connectivity index (χ0v) is 19.7. The van der Waals surface area contributed by atoms with Gasteiger partial charge in [0.05, 0.1) is 30.2 Å². The van der Waals surface area contributed by atoms with Gasteiger partial charge in [-0.2, -0.15) is 0 Å². The standard InChI is InChI=1S/C28H20FN5O3/c1-36-28(35)25-14-23-22-7-2-3-8-24(22)30-27(23)26(31-25)17-5-4-6-21(13-17)37-16-19-15-34(33-32-19)20-11-9-18(29)10-12-20/h2-15,30H,16H2,1H3. The first-order valence-corrected chi connectivity index (χ1v) is 11.5. The predicted octanol–water partition coefficient (Wildman–Crippen LogP) is 5.47. The molecule has 37 heavy (non-hydrogen) atoms. The van der Waals surface area contributed by atoms with E-state index in [4.69, 9.17) is 9.47 Å². The summed E-state index contributed by atoms with van der Waals surface area (Å²) in [5, 5.41) is 10.1. The van der Waals surface area contributed by atoms with Gasteiger partial charge in [-0.25, -0.2) is 18.9 Å². The number of aromatic nitrogens is 5. The van der Waals surface area contributed by atoms with Crippen LogP contribution in [0.1, 0.15) is 16.2 Å². The molecule has 182 valence electrons. The number of nitrogens with zero attached hydrogens (tertiary/aromatic N) is 4. The third kappa shape index (κ3) is 4.27. The van der Waals surface area contributed by atoms with Crippen LogP contribution in [0.15, 0.2) is 85.1 Å². The summed E-state index contributed by atoms with van der Waals surface area (Å²) in [5.41, 5.74) is 4.67. The smallest absolute Gasteiger partial charge is 0.356 e. The molecule has 0 saturated carbocycles. The van der Waals surface area contributed by atoms with Crippen LogP contribution in [0.4, 0.5) is 4.39 Å². The predicted molar refractivity (Wildman–Crippen MR) is 136 cm³/mol. The summed E-state index contributed by atoms with van der Waals surface area (Å²) in [7, 11) is 1.34. The van der Waals surface area contributed by atoms with Crippen molar-refractivity contribution in [1.82, 2.24) is 25.0 Å². The Bertz CT molecular complexity index is 1760. The number of halogens is 1. The summed E-state index contributed by atoms with van der Waals surface area (Å²) in [6, 6.07) is 23.1. The molecule has 0 fully saturated rings. The number of carbonyl (C=O) groups is 1. The van der Waals surface area contributed by atoms with Crippen LogP contribution in [0.25, 0.3) is 38.8 Å². The van der Waals surface area contributed by atoms with Crippen LogP contribution < -0.4 is 4.74 Å². The van der Waals surface area contributed by atoms with Gasteiger partial charge in [-0.05, 0) is 48.5 Å². The number of hydrogen-bond donors (Lipinski definition) is 1. The molecule has 6 rings (SSSR count). The molecule has 0 saturated heterocycles. The van der Waals surface area contributed by atoms with Crippen molar-refractivity contribution in [2.75, 3.05) is 7.11 Å². The normalized spacial score (nSPS) is 11.2. The molecule has 0 aliphatic carbocycles. The molecule has 0 aliphatic rings. The lowest BCUT2D eigenvalue weighted by atomic mass is 10.1. The molecule has 9 heteroatoms. The molecule has 0 unspecified atom stereocenters. The largest absolute Gasteiger partial charge is 0.487 e. The zero-order chi connectivity index (χ0) is 25.4. The number of carbonyl (C=O) groups excluding carboxylic acids is 1. The monoisotopic (exact) mass is 493 g/mol. The number of ether oxygens (including phenoxy) is 2. The van der Waals surface area contributed by atoms with Crippen molar-refractivity contribution < 1.29 is 18.7 Å². The summed E-state index contributed by atoms with van der Waals surface area (Å²) in [4.78, 5) is 20.4. The summed E-state index contributed by atoms with van der Waals surface area (Å²) < 4.78 is 25.7. The molecule has 1 N–H and O–H groups in total. The quantitative estimate of drug-likeness (QED) is 0.309. The fourth-order valence-corrected chi connectivity index (χ4v) is 4.24. The molecule has 0 amide bonds. The lowest BCUT2D eigenvalue weighted by molar-refractivity contribution is 0.0594. The number of H-pyrrole nitrogens is 1. The van der Waals surface area contributed by atoms with Gasteiger partial charge in [0.25, 0.3) is 0 Å². The fraction of sp³-hybridized carbons (Fsp3) is 0.0714. The Morgan fingerprint density at radius 2 is 1.84 bits per heavy atom. The SMILES string of the molecule is COC(=O)c1cc2c([nH]c3ccccc32)c(-c2cccc(OCc3cn(-c4ccc(F)cc4)nn3)c2)n1. The second-order valence-corrected chi connectivity index (χ2v) is 8.39. The summed E-state index contributed by atoms with van der Waals surface area (Å²) in [6.45, 7) is 0.183. The van der Waals surface area contributed by atoms with E-state index in [-0.39, 0.29) is 18.1 Å². The van der Waals surface area contributed by atoms with Gasteiger partial charge >= 0.3 is 5.97 Å². The Labute approximate surface area is 210 Å². The third-order valence-electron chi connectivity index (χ3n) is 6.02. The Hall–Kier alpha value is -5.05. The summed E-state index contributed by atoms with van der Waals surface area (Å²) >= 11 is 0. The van der Waals surface area contributed by atoms with Crippen LogP contribution >= 0.6 is 0 Å². The number of benzene rings is 3. The first-order valence-electron chi connectivity index (χ1n) is 11.5. The van der Waals surface area contributed by atoms with Crippen molar-refractivity contribution in [3.63, 3.8) is 0 Å². The number of aromatic amines is 1. The van der Waals surface area contributed by atoms with Gasteiger partial charge in [0.1, 0.15) is 29.6 Å². The minimum atomic E-state index is -0.509. The molecular weight excluding hydrogens is 473 g/mol. The van der Waals surface area contributed by atoms with Crippen LogP contribution in [-0.2, 0) is 11.3 Å². The number of methoxy groups -OCH3 is 1. The first kappa shape index (κ1) is 22.4. The lowest BCUT2D eigenvalue weighted by Crippen LogP contribution is -2.05. The van der Waals surface area contributed by atoms with Gasteiger partial charge in [-0.15, -0.1) is 5.10 Å². The first-order chi connectivity index (χ1) is 18.1. The van der Waals surface area contributed by atoms with E-state index >= 15 is 0 Å². The van der Waals surface area contributed by atoms with Gasteiger partial charge in [0.15, 0.2) is 0 Å². The molecule has 3 aromatic carbocycles. The van der Waals surface area contributed by atoms with Gasteiger partial charge in [-0.3, -0.25) is 0 Å². The van der Waals surface area contributed by atoms with E-state index in [0.29, 0.717) is 22.8 Å². The number of esters is 1. The molecule has 0 aliphatic heterocycles. The molecule has 3 aromatic heterocycles. The average molecular weight is 493 g/mol. The van der Waals surface area contributed by atoms with Crippen molar-refractivity contribution in [3.8, 4) is 22.7 Å². The molecule has 3 heterocycles. The molecule has 0 radical (unpaired) electrons. The van der Waals surface area contributed by atoms with Gasteiger partial charge in [0.2, 0.25) is 0 Å². The van der Waals surface area contributed by atoms with Crippen LogP contribution in [0.2, 0.25) is 0 Å². The molecule has 8 nitrogen and oxygen atoms in total. The Morgan fingerprint density at radius 3 is 2.68 bits per heavy atom. The van der Waals surface area contributed by atoms with Gasteiger partial charge in [-0.1, -0.05) is 35.5 Å². The average Bonchev–Trinajstić information content (AvgIpc) is 3.56. The number of para-hydroxylation sites is 1. The number of hydrogen-bond acceptors (Lipinski definition) is 6. The zero-order valence-electron chi connectivity index (χ0n) is 19.7. The lowest BCUT2D eigenvalue weighted by Gasteiger charge is -2.09. The van der Waals surface area contributed by atoms with Gasteiger partial charge < -0.3 is 14.5 Å². The van der Waals surface area contributed by atoms with E-state index < -0.39 is 5.97 Å². The van der Waals surface area contributed by atoms with Crippen molar-refractivity contribution in [2.45, 2.75) is 6.61 Å². The topological polar surface area (TPSA) is 94.9 Å². The van der Waals surface area contributed by atoms with Crippen molar-refractivity contribution >= 4 is 27.8 Å². The third-order valence-corrected chi connectivity index (χ3v) is 6.02. The number of rotatable bonds is 6. The van der Waals surface area contributed by atoms with E-state index in [2.05, 4.69) is 20.3 Å². The van der Waals surface area contributed by atoms with Crippen LogP contribution in [-0.4, -0.2) is 38.0 Å². The minimum absolute atomic E-state index is 0.183. The van der Waals surface area contributed by atoms with Crippen molar-refractivity contribution in [3.05, 3.63) is 102 Å². The second-order valence-electron chi connectivity index (χ2n) is 8.39. The maximum absolute atomic E-state index is 13.2. The Kier molecular flexibility index (Phi) is 5.57. The highest BCUT2D eigenvalue weighted by Crippen LogP contribution is 2.34. The summed E-state index contributed by atoms with van der Waals surface area (Å²) in [6.07, 6.45) is 1.73.